The third-order valence-electron chi connectivity index (χ3n) is 3.34. The molecule has 0 saturated heterocycles. The van der Waals surface area contributed by atoms with Gasteiger partial charge in [0, 0.05) is 25.0 Å². The Bertz CT molecular complexity index is 470. The molecule has 1 aromatic carbocycles. The summed E-state index contributed by atoms with van der Waals surface area (Å²) in [5.41, 5.74) is 8.35. The molecule has 1 aromatic heterocycles. The van der Waals surface area contributed by atoms with Crippen molar-refractivity contribution in [3.63, 3.8) is 0 Å². The molecule has 2 rings (SSSR count). The van der Waals surface area contributed by atoms with Crippen molar-refractivity contribution in [3.8, 4) is 0 Å². The molecule has 1 atom stereocenters. The van der Waals surface area contributed by atoms with Crippen LogP contribution in [0.1, 0.15) is 23.6 Å². The van der Waals surface area contributed by atoms with E-state index >= 15 is 0 Å². The van der Waals surface area contributed by atoms with Gasteiger partial charge in [-0.05, 0) is 43.3 Å². The van der Waals surface area contributed by atoms with E-state index in [1.54, 1.807) is 0 Å². The lowest BCUT2D eigenvalue weighted by Gasteiger charge is -2.28. The maximum absolute atomic E-state index is 5.76. The van der Waals surface area contributed by atoms with Gasteiger partial charge in [0.15, 0.2) is 0 Å². The number of benzene rings is 1. The minimum absolute atomic E-state index is 0.341. The average molecular weight is 255 g/mol. The van der Waals surface area contributed by atoms with E-state index in [-0.39, 0.29) is 0 Å². The fraction of sp³-hybridized carbons (Fsp3) is 0.312. The van der Waals surface area contributed by atoms with Gasteiger partial charge >= 0.3 is 0 Å². The number of nitrogens with two attached hydrogens (primary N) is 1. The van der Waals surface area contributed by atoms with Crippen molar-refractivity contribution in [1.29, 1.82) is 0 Å². The van der Waals surface area contributed by atoms with Gasteiger partial charge in [0.1, 0.15) is 0 Å². The van der Waals surface area contributed by atoms with Crippen LogP contribution in [0.2, 0.25) is 0 Å². The maximum atomic E-state index is 5.76. The van der Waals surface area contributed by atoms with Crippen LogP contribution >= 0.6 is 0 Å². The van der Waals surface area contributed by atoms with Crippen molar-refractivity contribution in [3.05, 3.63) is 66.0 Å². The molecule has 1 heterocycles. The quantitative estimate of drug-likeness (QED) is 0.862. The Morgan fingerprint density at radius 3 is 2.42 bits per heavy atom. The van der Waals surface area contributed by atoms with Crippen molar-refractivity contribution >= 4 is 0 Å². The summed E-state index contributed by atoms with van der Waals surface area (Å²) in [6.07, 6.45) is 4.64. The van der Waals surface area contributed by atoms with Gasteiger partial charge in [-0.2, -0.15) is 0 Å². The largest absolute Gasteiger partial charge is 0.330 e. The van der Waals surface area contributed by atoms with Crippen LogP contribution in [-0.2, 0) is 6.54 Å². The summed E-state index contributed by atoms with van der Waals surface area (Å²) in [4.78, 5) is 6.43. The lowest BCUT2D eigenvalue weighted by molar-refractivity contribution is 0.227. The van der Waals surface area contributed by atoms with E-state index in [9.17, 15) is 0 Å². The van der Waals surface area contributed by atoms with Crippen LogP contribution in [0.25, 0.3) is 0 Å². The fourth-order valence-corrected chi connectivity index (χ4v) is 2.37. The van der Waals surface area contributed by atoms with E-state index in [0.717, 1.165) is 13.0 Å². The summed E-state index contributed by atoms with van der Waals surface area (Å²) in [7, 11) is 2.15. The van der Waals surface area contributed by atoms with Crippen molar-refractivity contribution in [1.82, 2.24) is 9.88 Å². The first-order valence-electron chi connectivity index (χ1n) is 6.65. The molecule has 0 saturated carbocycles. The van der Waals surface area contributed by atoms with Gasteiger partial charge in [0.2, 0.25) is 0 Å². The first kappa shape index (κ1) is 13.7. The third-order valence-corrected chi connectivity index (χ3v) is 3.34. The monoisotopic (exact) mass is 255 g/mol. The van der Waals surface area contributed by atoms with Crippen LogP contribution in [0.4, 0.5) is 0 Å². The predicted molar refractivity (Wildman–Crippen MR) is 78.6 cm³/mol. The molecular formula is C16H21N3. The number of aromatic nitrogens is 1. The highest BCUT2D eigenvalue weighted by atomic mass is 15.1. The zero-order chi connectivity index (χ0) is 13.5. The van der Waals surface area contributed by atoms with Gasteiger partial charge in [0.05, 0.1) is 0 Å². The third kappa shape index (κ3) is 3.88. The summed E-state index contributed by atoms with van der Waals surface area (Å²) in [6, 6.07) is 15.0. The molecule has 0 radical (unpaired) electrons. The number of hydrogen-bond acceptors (Lipinski definition) is 3. The van der Waals surface area contributed by atoms with E-state index in [1.165, 1.54) is 11.1 Å². The molecule has 3 heteroatoms. The van der Waals surface area contributed by atoms with Gasteiger partial charge in [-0.25, -0.2) is 0 Å². The van der Waals surface area contributed by atoms with E-state index in [4.69, 9.17) is 5.73 Å². The first-order chi connectivity index (χ1) is 9.31. The zero-order valence-electron chi connectivity index (χ0n) is 11.4. The lowest BCUT2D eigenvalue weighted by atomic mass is 10.0. The molecular weight excluding hydrogens is 234 g/mol. The Labute approximate surface area is 115 Å². The van der Waals surface area contributed by atoms with Crippen LogP contribution in [0.3, 0.4) is 0 Å². The SMILES string of the molecule is CN(Cc1ccccc1)C(CCN)c1ccncc1. The second-order valence-electron chi connectivity index (χ2n) is 4.77. The zero-order valence-corrected chi connectivity index (χ0v) is 11.4. The summed E-state index contributed by atoms with van der Waals surface area (Å²) < 4.78 is 0. The molecule has 0 aliphatic rings. The Morgan fingerprint density at radius 1 is 1.11 bits per heavy atom. The van der Waals surface area contributed by atoms with Gasteiger partial charge < -0.3 is 5.73 Å². The minimum Gasteiger partial charge on any atom is -0.330 e. The fourth-order valence-electron chi connectivity index (χ4n) is 2.37. The molecule has 0 spiro atoms. The number of pyridine rings is 1. The molecule has 2 aromatic rings. The maximum Gasteiger partial charge on any atom is 0.0361 e. The van der Waals surface area contributed by atoms with E-state index < -0.39 is 0 Å². The Balaban J connectivity index is 2.11. The Kier molecular flexibility index (Phi) is 5.07. The van der Waals surface area contributed by atoms with Crippen LogP contribution in [0.5, 0.6) is 0 Å². The van der Waals surface area contributed by atoms with Crippen LogP contribution in [-0.4, -0.2) is 23.5 Å². The summed E-state index contributed by atoms with van der Waals surface area (Å²) >= 11 is 0. The Hall–Kier alpha value is -1.71. The van der Waals surface area contributed by atoms with E-state index in [1.807, 2.05) is 18.5 Å². The molecule has 0 aliphatic heterocycles. The topological polar surface area (TPSA) is 42.1 Å². The van der Waals surface area contributed by atoms with Crippen LogP contribution in [0, 0.1) is 0 Å². The highest BCUT2D eigenvalue weighted by Crippen LogP contribution is 2.23. The molecule has 0 fully saturated rings. The van der Waals surface area contributed by atoms with E-state index in [0.29, 0.717) is 12.6 Å². The van der Waals surface area contributed by atoms with Crippen molar-refractivity contribution in [2.75, 3.05) is 13.6 Å². The normalized spacial score (nSPS) is 12.6. The second-order valence-corrected chi connectivity index (χ2v) is 4.77. The van der Waals surface area contributed by atoms with Crippen LogP contribution in [0.15, 0.2) is 54.9 Å². The lowest BCUT2D eigenvalue weighted by Crippen LogP contribution is -2.26. The van der Waals surface area contributed by atoms with Crippen LogP contribution < -0.4 is 5.73 Å². The molecule has 3 nitrogen and oxygen atoms in total. The average Bonchev–Trinajstić information content (AvgIpc) is 2.46. The van der Waals surface area contributed by atoms with Gasteiger partial charge in [-0.1, -0.05) is 30.3 Å². The molecule has 0 bridgehead atoms. The molecule has 0 aliphatic carbocycles. The van der Waals surface area contributed by atoms with Crippen molar-refractivity contribution < 1.29 is 0 Å². The first-order valence-corrected chi connectivity index (χ1v) is 6.65. The highest BCUT2D eigenvalue weighted by Gasteiger charge is 2.16. The minimum atomic E-state index is 0.341. The second kappa shape index (κ2) is 7.02. The van der Waals surface area contributed by atoms with E-state index in [2.05, 4.69) is 53.3 Å². The number of hydrogen-bond donors (Lipinski definition) is 1. The Morgan fingerprint density at radius 2 is 1.79 bits per heavy atom. The van der Waals surface area contributed by atoms with Gasteiger partial charge in [-0.15, -0.1) is 0 Å². The summed E-state index contributed by atoms with van der Waals surface area (Å²) in [6.45, 7) is 1.61. The molecule has 100 valence electrons. The molecule has 0 amide bonds. The predicted octanol–water partition coefficient (Wildman–Crippen LogP) is 2.60. The molecule has 2 N–H and O–H groups in total. The molecule has 19 heavy (non-hydrogen) atoms. The summed E-state index contributed by atoms with van der Waals surface area (Å²) in [5.74, 6) is 0. The number of rotatable bonds is 6. The van der Waals surface area contributed by atoms with Crippen molar-refractivity contribution in [2.24, 2.45) is 5.73 Å². The number of nitrogens with zero attached hydrogens (tertiary/aromatic N) is 2. The van der Waals surface area contributed by atoms with Gasteiger partial charge in [0.25, 0.3) is 0 Å². The standard InChI is InChI=1S/C16H21N3/c1-19(13-14-5-3-2-4-6-14)16(7-10-17)15-8-11-18-12-9-15/h2-6,8-9,11-12,16H,7,10,13,17H2,1H3. The van der Waals surface area contributed by atoms with Gasteiger partial charge in [-0.3, -0.25) is 9.88 Å². The summed E-state index contributed by atoms with van der Waals surface area (Å²) in [5, 5.41) is 0. The highest BCUT2D eigenvalue weighted by molar-refractivity contribution is 5.18. The molecule has 1 unspecified atom stereocenters. The smallest absolute Gasteiger partial charge is 0.0361 e. The van der Waals surface area contributed by atoms with Crippen molar-refractivity contribution in [2.45, 2.75) is 19.0 Å².